The van der Waals surface area contributed by atoms with Gasteiger partial charge < -0.3 is 14.6 Å². The largest absolute Gasteiger partial charge is 0.442 e. The van der Waals surface area contributed by atoms with E-state index in [9.17, 15) is 9.18 Å². The first-order valence-corrected chi connectivity index (χ1v) is 8.62. The van der Waals surface area contributed by atoms with E-state index in [4.69, 9.17) is 4.42 Å². The Balaban J connectivity index is 1.79. The number of carbonyl (C=O) groups is 1. The Morgan fingerprint density at radius 2 is 1.85 bits per heavy atom. The first-order valence-electron chi connectivity index (χ1n) is 8.62. The molecule has 3 heterocycles. The van der Waals surface area contributed by atoms with Crippen LogP contribution in [-0.2, 0) is 0 Å². The summed E-state index contributed by atoms with van der Waals surface area (Å²) < 4.78 is 18.8. The molecule has 0 bridgehead atoms. The standard InChI is InChI=1S/C19H19FN4O2/c1-11-15(18(25)23-14-7-5-13(20)6-8-14)16-17(24-9-3-4-10-24)21-12(2)22-19(16)26-11/h5-8H,3-4,9-10H2,1-2H3,(H,23,25). The van der Waals surface area contributed by atoms with Gasteiger partial charge >= 0.3 is 0 Å². The summed E-state index contributed by atoms with van der Waals surface area (Å²) in [6.45, 7) is 5.35. The summed E-state index contributed by atoms with van der Waals surface area (Å²) in [4.78, 5) is 24.0. The fraction of sp³-hybridized carbons (Fsp3) is 0.316. The summed E-state index contributed by atoms with van der Waals surface area (Å²) in [5.41, 5.74) is 1.35. The molecule has 1 aliphatic rings. The van der Waals surface area contributed by atoms with E-state index in [1.165, 1.54) is 24.3 Å². The minimum Gasteiger partial charge on any atom is -0.442 e. The van der Waals surface area contributed by atoms with Crippen molar-refractivity contribution in [2.45, 2.75) is 26.7 Å². The lowest BCUT2D eigenvalue weighted by atomic mass is 10.1. The number of hydrogen-bond donors (Lipinski definition) is 1. The van der Waals surface area contributed by atoms with Crippen LogP contribution in [-0.4, -0.2) is 29.0 Å². The zero-order chi connectivity index (χ0) is 18.3. The highest BCUT2D eigenvalue weighted by molar-refractivity contribution is 6.15. The third kappa shape index (κ3) is 2.89. The predicted octanol–water partition coefficient (Wildman–Crippen LogP) is 3.83. The van der Waals surface area contributed by atoms with E-state index >= 15 is 0 Å². The molecule has 1 saturated heterocycles. The van der Waals surface area contributed by atoms with Crippen molar-refractivity contribution < 1.29 is 13.6 Å². The van der Waals surface area contributed by atoms with Crippen molar-refractivity contribution in [1.29, 1.82) is 0 Å². The fourth-order valence-corrected chi connectivity index (χ4v) is 3.36. The van der Waals surface area contributed by atoms with E-state index in [1.807, 2.05) is 6.92 Å². The van der Waals surface area contributed by atoms with Crippen molar-refractivity contribution in [3.63, 3.8) is 0 Å². The quantitative estimate of drug-likeness (QED) is 0.774. The number of fused-ring (bicyclic) bond motifs is 1. The number of carbonyl (C=O) groups excluding carboxylic acids is 1. The normalized spacial score (nSPS) is 14.2. The molecule has 0 aliphatic carbocycles. The molecule has 7 heteroatoms. The lowest BCUT2D eigenvalue weighted by Gasteiger charge is -2.18. The number of aryl methyl sites for hydroxylation is 2. The number of hydrogen-bond acceptors (Lipinski definition) is 5. The lowest BCUT2D eigenvalue weighted by molar-refractivity contribution is 0.102. The lowest BCUT2D eigenvalue weighted by Crippen LogP contribution is -2.21. The molecule has 4 rings (SSSR count). The number of nitrogens with zero attached hydrogens (tertiary/aromatic N) is 3. The number of aromatic nitrogens is 2. The van der Waals surface area contributed by atoms with Gasteiger partial charge in [0.25, 0.3) is 5.91 Å². The summed E-state index contributed by atoms with van der Waals surface area (Å²) in [5.74, 6) is 1.17. The smallest absolute Gasteiger partial charge is 0.260 e. The van der Waals surface area contributed by atoms with Gasteiger partial charge in [-0.3, -0.25) is 4.79 Å². The van der Waals surface area contributed by atoms with Crippen LogP contribution in [0.4, 0.5) is 15.9 Å². The second-order valence-corrected chi connectivity index (χ2v) is 6.46. The molecule has 1 N–H and O–H groups in total. The maximum Gasteiger partial charge on any atom is 0.260 e. The van der Waals surface area contributed by atoms with Crippen LogP contribution >= 0.6 is 0 Å². The minimum absolute atomic E-state index is 0.319. The SMILES string of the molecule is Cc1nc(N2CCCC2)c2c(C(=O)Nc3ccc(F)cc3)c(C)oc2n1. The third-order valence-electron chi connectivity index (χ3n) is 4.56. The average Bonchev–Trinajstić information content (AvgIpc) is 3.23. The zero-order valence-electron chi connectivity index (χ0n) is 14.7. The Kier molecular flexibility index (Phi) is 4.06. The fourth-order valence-electron chi connectivity index (χ4n) is 3.36. The Hall–Kier alpha value is -2.96. The van der Waals surface area contributed by atoms with E-state index < -0.39 is 0 Å². The van der Waals surface area contributed by atoms with Crippen LogP contribution in [0, 0.1) is 19.7 Å². The number of benzene rings is 1. The zero-order valence-corrected chi connectivity index (χ0v) is 14.7. The van der Waals surface area contributed by atoms with Gasteiger partial charge in [-0.2, -0.15) is 4.98 Å². The molecule has 1 fully saturated rings. The summed E-state index contributed by atoms with van der Waals surface area (Å²) in [7, 11) is 0. The Morgan fingerprint density at radius 3 is 2.54 bits per heavy atom. The van der Waals surface area contributed by atoms with Gasteiger partial charge in [0, 0.05) is 18.8 Å². The molecule has 0 spiro atoms. The number of nitrogens with one attached hydrogen (secondary N) is 1. The van der Waals surface area contributed by atoms with Crippen LogP contribution in [0.3, 0.4) is 0 Å². The number of rotatable bonds is 3. The molecular formula is C19H19FN4O2. The molecule has 1 aliphatic heterocycles. The summed E-state index contributed by atoms with van der Waals surface area (Å²) >= 11 is 0. The van der Waals surface area contributed by atoms with E-state index in [1.54, 1.807) is 6.92 Å². The van der Waals surface area contributed by atoms with E-state index in [0.29, 0.717) is 33.9 Å². The number of anilines is 2. The van der Waals surface area contributed by atoms with Gasteiger partial charge in [0.05, 0.1) is 10.9 Å². The van der Waals surface area contributed by atoms with Crippen LogP contribution in [0.15, 0.2) is 28.7 Å². The maximum atomic E-state index is 13.1. The van der Waals surface area contributed by atoms with Gasteiger partial charge in [0.2, 0.25) is 5.71 Å². The van der Waals surface area contributed by atoms with Crippen molar-refractivity contribution in [3.05, 3.63) is 47.2 Å². The molecule has 1 aromatic carbocycles. The average molecular weight is 354 g/mol. The van der Waals surface area contributed by atoms with Gasteiger partial charge in [-0.05, 0) is 51.0 Å². The summed E-state index contributed by atoms with van der Waals surface area (Å²) in [6, 6.07) is 5.65. The topological polar surface area (TPSA) is 71.3 Å². The van der Waals surface area contributed by atoms with Crippen molar-refractivity contribution in [3.8, 4) is 0 Å². The number of halogens is 1. The maximum absolute atomic E-state index is 13.1. The second kappa shape index (κ2) is 6.40. The van der Waals surface area contributed by atoms with Crippen LogP contribution in [0.5, 0.6) is 0 Å². The second-order valence-electron chi connectivity index (χ2n) is 6.46. The van der Waals surface area contributed by atoms with Crippen LogP contribution in [0.1, 0.15) is 34.8 Å². The molecule has 134 valence electrons. The molecular weight excluding hydrogens is 335 g/mol. The third-order valence-corrected chi connectivity index (χ3v) is 4.56. The monoisotopic (exact) mass is 354 g/mol. The van der Waals surface area contributed by atoms with Gasteiger partial charge in [-0.15, -0.1) is 0 Å². The molecule has 26 heavy (non-hydrogen) atoms. The highest BCUT2D eigenvalue weighted by Crippen LogP contribution is 2.33. The molecule has 1 amide bonds. The Labute approximate surface area is 150 Å². The molecule has 3 aromatic rings. The van der Waals surface area contributed by atoms with Crippen LogP contribution < -0.4 is 10.2 Å². The summed E-state index contributed by atoms with van der Waals surface area (Å²) in [6.07, 6.45) is 2.19. The molecule has 0 atom stereocenters. The van der Waals surface area contributed by atoms with Gasteiger partial charge in [0.1, 0.15) is 23.2 Å². The van der Waals surface area contributed by atoms with Crippen LogP contribution in [0.2, 0.25) is 0 Å². The van der Waals surface area contributed by atoms with E-state index in [2.05, 4.69) is 20.2 Å². The number of furan rings is 1. The Morgan fingerprint density at radius 1 is 1.15 bits per heavy atom. The van der Waals surface area contributed by atoms with Crippen molar-refractivity contribution >= 4 is 28.5 Å². The number of amides is 1. The summed E-state index contributed by atoms with van der Waals surface area (Å²) in [5, 5.41) is 3.43. The van der Waals surface area contributed by atoms with Crippen molar-refractivity contribution in [2.24, 2.45) is 0 Å². The van der Waals surface area contributed by atoms with Gasteiger partial charge in [-0.1, -0.05) is 0 Å². The molecule has 0 unspecified atom stereocenters. The highest BCUT2D eigenvalue weighted by Gasteiger charge is 2.27. The van der Waals surface area contributed by atoms with Crippen LogP contribution in [0.25, 0.3) is 11.1 Å². The molecule has 6 nitrogen and oxygen atoms in total. The first kappa shape index (κ1) is 16.5. The predicted molar refractivity (Wildman–Crippen MR) is 97.1 cm³/mol. The van der Waals surface area contributed by atoms with E-state index in [-0.39, 0.29) is 11.7 Å². The minimum atomic E-state index is -0.354. The highest BCUT2D eigenvalue weighted by atomic mass is 19.1. The van der Waals surface area contributed by atoms with Gasteiger partial charge in [0.15, 0.2) is 0 Å². The Bertz CT molecular complexity index is 975. The molecule has 0 radical (unpaired) electrons. The first-order chi connectivity index (χ1) is 12.5. The van der Waals surface area contributed by atoms with Crippen molar-refractivity contribution in [2.75, 3.05) is 23.3 Å². The molecule has 2 aromatic heterocycles. The van der Waals surface area contributed by atoms with Crippen molar-refractivity contribution in [1.82, 2.24) is 9.97 Å². The molecule has 0 saturated carbocycles. The van der Waals surface area contributed by atoms with E-state index in [0.717, 1.165) is 31.7 Å². The van der Waals surface area contributed by atoms with Gasteiger partial charge in [-0.25, -0.2) is 9.37 Å².